The highest BCUT2D eigenvalue weighted by Crippen LogP contribution is 2.26. The number of halogens is 1. The molecule has 2 aromatic heterocycles. The monoisotopic (exact) mass is 368 g/mol. The van der Waals surface area contributed by atoms with Crippen LogP contribution in [0.5, 0.6) is 5.75 Å². The first-order valence-electron chi connectivity index (χ1n) is 8.97. The summed E-state index contributed by atoms with van der Waals surface area (Å²) in [5.74, 6) is 1.80. The average molecular weight is 368 g/mol. The highest BCUT2D eigenvalue weighted by atomic mass is 19.1. The molecule has 0 spiro atoms. The Bertz CT molecular complexity index is 922. The maximum Gasteiger partial charge on any atom is 0.227 e. The number of piperidine rings is 1. The first-order chi connectivity index (χ1) is 13.2. The lowest BCUT2D eigenvalue weighted by Crippen LogP contribution is -2.31. The van der Waals surface area contributed by atoms with E-state index in [9.17, 15) is 4.39 Å². The highest BCUT2D eigenvalue weighted by molar-refractivity contribution is 5.66. The number of nitrogens with zero attached hydrogens (tertiary/aromatic N) is 4. The molecule has 4 rings (SSSR count). The van der Waals surface area contributed by atoms with Crippen molar-refractivity contribution in [3.05, 3.63) is 42.3 Å². The molecule has 0 amide bonds. The van der Waals surface area contributed by atoms with Crippen LogP contribution in [0.3, 0.4) is 0 Å². The van der Waals surface area contributed by atoms with Crippen molar-refractivity contribution in [3.8, 4) is 17.0 Å². The number of H-pyrrole nitrogens is 1. The number of nitrogens with one attached hydrogen (secondary N) is 2. The minimum Gasteiger partial charge on any atom is -0.494 e. The largest absolute Gasteiger partial charge is 0.494 e. The van der Waals surface area contributed by atoms with Gasteiger partial charge in [0, 0.05) is 30.9 Å². The SMILES string of the molecule is COc1ccc(-c2cc(Nc3ccnc(N4CCCCC4)n3)n[nH]2)cc1F. The number of aromatic nitrogens is 4. The van der Waals surface area contributed by atoms with Gasteiger partial charge in [-0.3, -0.25) is 5.10 Å². The van der Waals surface area contributed by atoms with Crippen molar-refractivity contribution in [1.82, 2.24) is 20.2 Å². The van der Waals surface area contributed by atoms with Gasteiger partial charge in [-0.15, -0.1) is 0 Å². The van der Waals surface area contributed by atoms with E-state index in [1.54, 1.807) is 24.4 Å². The second-order valence-corrected chi connectivity index (χ2v) is 6.43. The molecule has 0 radical (unpaired) electrons. The Hall–Kier alpha value is -3.16. The van der Waals surface area contributed by atoms with Crippen molar-refractivity contribution in [2.24, 2.45) is 0 Å². The smallest absolute Gasteiger partial charge is 0.227 e. The predicted molar refractivity (Wildman–Crippen MR) is 102 cm³/mol. The summed E-state index contributed by atoms with van der Waals surface area (Å²) in [6.07, 6.45) is 5.34. The first-order valence-corrected chi connectivity index (χ1v) is 8.97. The molecule has 1 saturated heterocycles. The van der Waals surface area contributed by atoms with Gasteiger partial charge in [-0.05, 0) is 43.5 Å². The van der Waals surface area contributed by atoms with Gasteiger partial charge in [0.25, 0.3) is 0 Å². The number of hydrogen-bond acceptors (Lipinski definition) is 6. The maximum absolute atomic E-state index is 13.9. The Kier molecular flexibility index (Phi) is 4.86. The third-order valence-corrected chi connectivity index (χ3v) is 4.58. The maximum atomic E-state index is 13.9. The summed E-state index contributed by atoms with van der Waals surface area (Å²) in [5, 5.41) is 10.3. The number of rotatable bonds is 5. The molecule has 27 heavy (non-hydrogen) atoms. The van der Waals surface area contributed by atoms with Gasteiger partial charge in [0.15, 0.2) is 17.4 Å². The van der Waals surface area contributed by atoms with Crippen LogP contribution in [0, 0.1) is 5.82 Å². The fraction of sp³-hybridized carbons (Fsp3) is 0.316. The molecule has 0 bridgehead atoms. The molecule has 0 unspecified atom stereocenters. The van der Waals surface area contributed by atoms with Crippen molar-refractivity contribution in [1.29, 1.82) is 0 Å². The fourth-order valence-corrected chi connectivity index (χ4v) is 3.16. The topological polar surface area (TPSA) is 79.0 Å². The van der Waals surface area contributed by atoms with E-state index in [1.807, 2.05) is 6.07 Å². The van der Waals surface area contributed by atoms with Crippen LogP contribution in [0.2, 0.25) is 0 Å². The zero-order chi connectivity index (χ0) is 18.6. The molecule has 0 saturated carbocycles. The third kappa shape index (κ3) is 3.84. The standard InChI is InChI=1S/C19H21FN6O/c1-27-16-6-5-13(11-14(16)20)15-12-18(25-24-15)22-17-7-8-21-19(23-17)26-9-3-2-4-10-26/h5-8,11-12H,2-4,9-10H2,1H3,(H2,21,22,23,24,25). The first kappa shape index (κ1) is 17.3. The summed E-state index contributed by atoms with van der Waals surface area (Å²) in [6, 6.07) is 8.39. The van der Waals surface area contributed by atoms with Crippen LogP contribution in [0.25, 0.3) is 11.3 Å². The van der Waals surface area contributed by atoms with Crippen LogP contribution in [-0.2, 0) is 0 Å². The molecule has 8 heteroatoms. The van der Waals surface area contributed by atoms with Crippen molar-refractivity contribution in [2.45, 2.75) is 19.3 Å². The summed E-state index contributed by atoms with van der Waals surface area (Å²) in [5.41, 5.74) is 1.38. The van der Waals surface area contributed by atoms with E-state index in [0.717, 1.165) is 19.0 Å². The number of hydrogen-bond donors (Lipinski definition) is 2. The van der Waals surface area contributed by atoms with Gasteiger partial charge in [0.05, 0.1) is 12.8 Å². The normalized spacial score (nSPS) is 14.2. The summed E-state index contributed by atoms with van der Waals surface area (Å²) in [6.45, 7) is 1.97. The molecule has 2 N–H and O–H groups in total. The predicted octanol–water partition coefficient (Wildman–Crippen LogP) is 3.75. The van der Waals surface area contributed by atoms with Crippen LogP contribution in [0.1, 0.15) is 19.3 Å². The Labute approximate surface area is 156 Å². The minimum absolute atomic E-state index is 0.211. The zero-order valence-electron chi connectivity index (χ0n) is 15.1. The van der Waals surface area contributed by atoms with Crippen LogP contribution in [-0.4, -0.2) is 40.4 Å². The van der Waals surface area contributed by atoms with E-state index in [4.69, 9.17) is 4.74 Å². The van der Waals surface area contributed by atoms with Crippen molar-refractivity contribution >= 4 is 17.6 Å². The van der Waals surface area contributed by atoms with Crippen molar-refractivity contribution < 1.29 is 9.13 Å². The van der Waals surface area contributed by atoms with E-state index in [1.165, 1.54) is 32.4 Å². The molecule has 3 heterocycles. The number of methoxy groups -OCH3 is 1. The molecule has 1 aromatic carbocycles. The Balaban J connectivity index is 1.50. The second kappa shape index (κ2) is 7.61. The lowest BCUT2D eigenvalue weighted by molar-refractivity contribution is 0.386. The molecule has 140 valence electrons. The van der Waals surface area contributed by atoms with Crippen LogP contribution >= 0.6 is 0 Å². The lowest BCUT2D eigenvalue weighted by Gasteiger charge is -2.26. The van der Waals surface area contributed by atoms with Gasteiger partial charge in [0.1, 0.15) is 5.82 Å². The molecule has 1 aliphatic rings. The van der Waals surface area contributed by atoms with Gasteiger partial charge in [0.2, 0.25) is 5.95 Å². The molecule has 3 aromatic rings. The Morgan fingerprint density at radius 3 is 2.74 bits per heavy atom. The zero-order valence-corrected chi connectivity index (χ0v) is 15.1. The third-order valence-electron chi connectivity index (χ3n) is 4.58. The van der Waals surface area contributed by atoms with E-state index in [0.29, 0.717) is 22.9 Å². The average Bonchev–Trinajstić information content (AvgIpc) is 3.17. The van der Waals surface area contributed by atoms with E-state index in [2.05, 4.69) is 30.4 Å². The molecule has 0 aliphatic carbocycles. The number of ether oxygens (including phenoxy) is 1. The summed E-state index contributed by atoms with van der Waals surface area (Å²) < 4.78 is 18.9. The molecular weight excluding hydrogens is 347 g/mol. The summed E-state index contributed by atoms with van der Waals surface area (Å²) >= 11 is 0. The molecular formula is C19H21FN6O. The Morgan fingerprint density at radius 2 is 1.96 bits per heavy atom. The van der Waals surface area contributed by atoms with Crippen LogP contribution < -0.4 is 15.0 Å². The lowest BCUT2D eigenvalue weighted by atomic mass is 10.1. The minimum atomic E-state index is -0.416. The van der Waals surface area contributed by atoms with Gasteiger partial charge in [-0.1, -0.05) is 0 Å². The second-order valence-electron chi connectivity index (χ2n) is 6.43. The Morgan fingerprint density at radius 1 is 1.11 bits per heavy atom. The van der Waals surface area contributed by atoms with Gasteiger partial charge < -0.3 is 15.0 Å². The van der Waals surface area contributed by atoms with Gasteiger partial charge >= 0.3 is 0 Å². The molecule has 1 aliphatic heterocycles. The van der Waals surface area contributed by atoms with Crippen molar-refractivity contribution in [3.63, 3.8) is 0 Å². The van der Waals surface area contributed by atoms with Gasteiger partial charge in [-0.25, -0.2) is 9.37 Å². The number of aromatic amines is 1. The highest BCUT2D eigenvalue weighted by Gasteiger charge is 2.14. The van der Waals surface area contributed by atoms with E-state index >= 15 is 0 Å². The van der Waals surface area contributed by atoms with Crippen LogP contribution in [0.4, 0.5) is 22.0 Å². The van der Waals surface area contributed by atoms with Crippen molar-refractivity contribution in [2.75, 3.05) is 30.4 Å². The van der Waals surface area contributed by atoms with E-state index in [-0.39, 0.29) is 5.75 Å². The quantitative estimate of drug-likeness (QED) is 0.714. The molecule has 1 fully saturated rings. The number of anilines is 3. The summed E-state index contributed by atoms with van der Waals surface area (Å²) in [4.78, 5) is 11.2. The number of benzene rings is 1. The molecule has 0 atom stereocenters. The summed E-state index contributed by atoms with van der Waals surface area (Å²) in [7, 11) is 1.44. The van der Waals surface area contributed by atoms with Crippen LogP contribution in [0.15, 0.2) is 36.5 Å². The fourth-order valence-electron chi connectivity index (χ4n) is 3.16. The van der Waals surface area contributed by atoms with Gasteiger partial charge in [-0.2, -0.15) is 10.1 Å². The van der Waals surface area contributed by atoms with E-state index < -0.39 is 5.82 Å². The molecule has 7 nitrogen and oxygen atoms in total.